The van der Waals surface area contributed by atoms with Crippen molar-refractivity contribution in [3.63, 3.8) is 0 Å². The van der Waals surface area contributed by atoms with Crippen LogP contribution in [0.2, 0.25) is 0 Å². The summed E-state index contributed by atoms with van der Waals surface area (Å²) in [6.07, 6.45) is 0.458. The van der Waals surface area contributed by atoms with E-state index in [2.05, 4.69) is 4.90 Å². The number of benzene rings is 1. The summed E-state index contributed by atoms with van der Waals surface area (Å²) in [6.45, 7) is 4.00. The normalized spacial score (nSPS) is 24.4. The van der Waals surface area contributed by atoms with E-state index in [0.29, 0.717) is 12.1 Å². The van der Waals surface area contributed by atoms with Crippen LogP contribution in [0.4, 0.5) is 4.39 Å². The van der Waals surface area contributed by atoms with Crippen molar-refractivity contribution < 1.29 is 9.50 Å². The lowest BCUT2D eigenvalue weighted by Gasteiger charge is -2.34. The summed E-state index contributed by atoms with van der Waals surface area (Å²) < 4.78 is 14.2. The SMILES string of the molecule is CC1CN(Cc2cccc(C(=N)N)c2F)CCC1O. The Bertz CT molecular complexity index is 478. The van der Waals surface area contributed by atoms with Crippen LogP contribution < -0.4 is 5.73 Å². The van der Waals surface area contributed by atoms with Crippen molar-refractivity contribution in [3.05, 3.63) is 35.1 Å². The number of rotatable bonds is 3. The third kappa shape index (κ3) is 3.11. The molecular formula is C14H20FN3O. The van der Waals surface area contributed by atoms with Gasteiger partial charge in [0, 0.05) is 25.2 Å². The van der Waals surface area contributed by atoms with Crippen molar-refractivity contribution in [1.29, 1.82) is 5.41 Å². The van der Waals surface area contributed by atoms with Gasteiger partial charge in [-0.3, -0.25) is 10.3 Å². The average molecular weight is 265 g/mol. The molecular weight excluding hydrogens is 245 g/mol. The van der Waals surface area contributed by atoms with E-state index in [9.17, 15) is 9.50 Å². The number of hydrogen-bond acceptors (Lipinski definition) is 3. The number of nitrogens with one attached hydrogen (secondary N) is 1. The molecule has 1 aliphatic heterocycles. The van der Waals surface area contributed by atoms with Gasteiger partial charge in [0.25, 0.3) is 0 Å². The van der Waals surface area contributed by atoms with Crippen molar-refractivity contribution in [2.24, 2.45) is 11.7 Å². The van der Waals surface area contributed by atoms with Gasteiger partial charge in [-0.15, -0.1) is 0 Å². The molecule has 1 aromatic rings. The second kappa shape index (κ2) is 5.67. The van der Waals surface area contributed by atoms with Gasteiger partial charge in [-0.05, 0) is 18.4 Å². The Balaban J connectivity index is 2.11. The highest BCUT2D eigenvalue weighted by Crippen LogP contribution is 2.20. The van der Waals surface area contributed by atoms with E-state index in [-0.39, 0.29) is 23.4 Å². The lowest BCUT2D eigenvalue weighted by atomic mass is 9.96. The van der Waals surface area contributed by atoms with Gasteiger partial charge in [-0.1, -0.05) is 19.1 Å². The second-order valence-corrected chi connectivity index (χ2v) is 5.26. The molecule has 1 aliphatic rings. The molecule has 2 unspecified atom stereocenters. The van der Waals surface area contributed by atoms with Gasteiger partial charge in [-0.2, -0.15) is 0 Å². The van der Waals surface area contributed by atoms with E-state index in [1.807, 2.05) is 6.92 Å². The fourth-order valence-corrected chi connectivity index (χ4v) is 2.51. The first-order chi connectivity index (χ1) is 8.99. The van der Waals surface area contributed by atoms with Crippen LogP contribution in [-0.2, 0) is 6.54 Å². The van der Waals surface area contributed by atoms with E-state index < -0.39 is 5.82 Å². The fourth-order valence-electron chi connectivity index (χ4n) is 2.51. The van der Waals surface area contributed by atoms with Gasteiger partial charge in [0.05, 0.1) is 11.7 Å². The van der Waals surface area contributed by atoms with Crippen molar-refractivity contribution >= 4 is 5.84 Å². The van der Waals surface area contributed by atoms with Crippen LogP contribution in [0.1, 0.15) is 24.5 Å². The quantitative estimate of drug-likeness (QED) is 0.570. The van der Waals surface area contributed by atoms with Crippen LogP contribution in [0.15, 0.2) is 18.2 Å². The van der Waals surface area contributed by atoms with Crippen LogP contribution >= 0.6 is 0 Å². The van der Waals surface area contributed by atoms with E-state index in [4.69, 9.17) is 11.1 Å². The molecule has 0 saturated carbocycles. The Labute approximate surface area is 112 Å². The zero-order valence-corrected chi connectivity index (χ0v) is 11.1. The highest BCUT2D eigenvalue weighted by Gasteiger charge is 2.24. The van der Waals surface area contributed by atoms with Gasteiger partial charge < -0.3 is 10.8 Å². The monoisotopic (exact) mass is 265 g/mol. The van der Waals surface area contributed by atoms with Gasteiger partial charge in [-0.25, -0.2) is 4.39 Å². The number of aliphatic hydroxyl groups excluding tert-OH is 1. The molecule has 0 aromatic heterocycles. The summed E-state index contributed by atoms with van der Waals surface area (Å²) in [5.74, 6) is -0.455. The Morgan fingerprint density at radius 2 is 2.32 bits per heavy atom. The van der Waals surface area contributed by atoms with E-state index in [1.54, 1.807) is 12.1 Å². The summed E-state index contributed by atoms with van der Waals surface area (Å²) in [4.78, 5) is 2.12. The number of amidine groups is 1. The maximum Gasteiger partial charge on any atom is 0.138 e. The first-order valence-corrected chi connectivity index (χ1v) is 6.51. The molecule has 2 atom stereocenters. The minimum atomic E-state index is -0.409. The third-order valence-corrected chi connectivity index (χ3v) is 3.71. The Hall–Kier alpha value is -1.46. The first kappa shape index (κ1) is 14.0. The van der Waals surface area contributed by atoms with Gasteiger partial charge in [0.2, 0.25) is 0 Å². The van der Waals surface area contributed by atoms with Gasteiger partial charge in [0.1, 0.15) is 11.7 Å². The molecule has 0 spiro atoms. The number of nitrogens with zero attached hydrogens (tertiary/aromatic N) is 1. The molecule has 1 fully saturated rings. The van der Waals surface area contributed by atoms with Crippen molar-refractivity contribution in [2.75, 3.05) is 13.1 Å². The zero-order valence-electron chi connectivity index (χ0n) is 11.1. The van der Waals surface area contributed by atoms with Crippen molar-refractivity contribution in [2.45, 2.75) is 26.0 Å². The molecule has 1 saturated heterocycles. The molecule has 0 radical (unpaired) electrons. The Morgan fingerprint density at radius 1 is 1.58 bits per heavy atom. The smallest absolute Gasteiger partial charge is 0.138 e. The van der Waals surface area contributed by atoms with Crippen LogP contribution in [-0.4, -0.2) is 35.0 Å². The number of halogens is 1. The highest BCUT2D eigenvalue weighted by atomic mass is 19.1. The molecule has 1 heterocycles. The summed E-state index contributed by atoms with van der Waals surface area (Å²) >= 11 is 0. The predicted molar refractivity (Wildman–Crippen MR) is 72.5 cm³/mol. The lowest BCUT2D eigenvalue weighted by molar-refractivity contribution is 0.0316. The summed E-state index contributed by atoms with van der Waals surface area (Å²) in [5, 5.41) is 17.0. The van der Waals surface area contributed by atoms with E-state index in [1.165, 1.54) is 6.07 Å². The summed E-state index contributed by atoms with van der Waals surface area (Å²) in [5.41, 5.74) is 6.06. The lowest BCUT2D eigenvalue weighted by Crippen LogP contribution is -2.41. The minimum absolute atomic E-state index is 0.155. The molecule has 0 bridgehead atoms. The first-order valence-electron chi connectivity index (χ1n) is 6.51. The molecule has 4 N–H and O–H groups in total. The molecule has 0 amide bonds. The molecule has 1 aromatic carbocycles. The highest BCUT2D eigenvalue weighted by molar-refractivity contribution is 5.95. The molecule has 19 heavy (non-hydrogen) atoms. The fraction of sp³-hybridized carbons (Fsp3) is 0.500. The van der Waals surface area contributed by atoms with Crippen LogP contribution in [0.5, 0.6) is 0 Å². The van der Waals surface area contributed by atoms with Crippen LogP contribution in [0.25, 0.3) is 0 Å². The largest absolute Gasteiger partial charge is 0.393 e. The number of aliphatic hydroxyl groups is 1. The summed E-state index contributed by atoms with van der Waals surface area (Å²) in [7, 11) is 0. The molecule has 5 heteroatoms. The maximum atomic E-state index is 14.2. The Kier molecular flexibility index (Phi) is 4.17. The van der Waals surface area contributed by atoms with Crippen molar-refractivity contribution in [3.8, 4) is 0 Å². The van der Waals surface area contributed by atoms with E-state index in [0.717, 1.165) is 19.5 Å². The van der Waals surface area contributed by atoms with Gasteiger partial charge in [0.15, 0.2) is 0 Å². The average Bonchev–Trinajstić information content (AvgIpc) is 2.36. The van der Waals surface area contributed by atoms with Gasteiger partial charge >= 0.3 is 0 Å². The molecule has 4 nitrogen and oxygen atoms in total. The molecule has 2 rings (SSSR count). The van der Waals surface area contributed by atoms with E-state index >= 15 is 0 Å². The number of nitrogen functional groups attached to an aromatic ring is 1. The number of piperidine rings is 1. The topological polar surface area (TPSA) is 73.3 Å². The number of hydrogen-bond donors (Lipinski definition) is 3. The number of nitrogens with two attached hydrogens (primary N) is 1. The predicted octanol–water partition coefficient (Wildman–Crippen LogP) is 1.31. The third-order valence-electron chi connectivity index (χ3n) is 3.71. The van der Waals surface area contributed by atoms with Crippen LogP contribution in [0, 0.1) is 17.1 Å². The van der Waals surface area contributed by atoms with Crippen LogP contribution in [0.3, 0.4) is 0 Å². The standard InChI is InChI=1S/C14H20FN3O/c1-9-7-18(6-5-12(9)19)8-10-3-2-4-11(13(10)15)14(16)17/h2-4,9,12,19H,5-8H2,1H3,(H3,16,17). The van der Waals surface area contributed by atoms with Crippen molar-refractivity contribution in [1.82, 2.24) is 4.90 Å². The summed E-state index contributed by atoms with van der Waals surface area (Å²) in [6, 6.07) is 4.96. The molecule has 104 valence electrons. The maximum absolute atomic E-state index is 14.2. The number of likely N-dealkylation sites (tertiary alicyclic amines) is 1. The molecule has 0 aliphatic carbocycles. The minimum Gasteiger partial charge on any atom is -0.393 e. The second-order valence-electron chi connectivity index (χ2n) is 5.26. The zero-order chi connectivity index (χ0) is 14.0. The Morgan fingerprint density at radius 3 is 2.95 bits per heavy atom.